The molecule has 7 nitrogen and oxygen atoms in total. The second-order valence-electron chi connectivity index (χ2n) is 6.16. The number of hydrogen-bond donors (Lipinski definition) is 4. The number of amides is 3. The highest BCUT2D eigenvalue weighted by Gasteiger charge is 2.10. The van der Waals surface area contributed by atoms with Gasteiger partial charge in [0.2, 0.25) is 0 Å². The van der Waals surface area contributed by atoms with Crippen molar-refractivity contribution in [3.63, 3.8) is 0 Å². The first-order valence-electron chi connectivity index (χ1n) is 8.47. The summed E-state index contributed by atoms with van der Waals surface area (Å²) in [5.74, 6) is -0.211. The van der Waals surface area contributed by atoms with E-state index in [1.54, 1.807) is 18.2 Å². The Morgan fingerprint density at radius 2 is 1.92 bits per heavy atom. The summed E-state index contributed by atoms with van der Waals surface area (Å²) in [4.78, 5) is 23.7. The molecule has 1 heterocycles. The van der Waals surface area contributed by atoms with Crippen LogP contribution in [0.25, 0.3) is 0 Å². The molecule has 0 fully saturated rings. The molecule has 0 aliphatic carbocycles. The van der Waals surface area contributed by atoms with E-state index < -0.39 is 0 Å². The fraction of sp³-hybridized carbons (Fsp3) is 0.389. The van der Waals surface area contributed by atoms with Gasteiger partial charge in [0.1, 0.15) is 5.69 Å². The molecule has 25 heavy (non-hydrogen) atoms. The number of H-pyrrole nitrogens is 1. The van der Waals surface area contributed by atoms with Gasteiger partial charge in [-0.2, -0.15) is 5.10 Å². The van der Waals surface area contributed by atoms with Crippen LogP contribution in [0.15, 0.2) is 30.3 Å². The van der Waals surface area contributed by atoms with Gasteiger partial charge < -0.3 is 16.0 Å². The van der Waals surface area contributed by atoms with Gasteiger partial charge in [-0.1, -0.05) is 25.5 Å². The van der Waals surface area contributed by atoms with E-state index in [2.05, 4.69) is 33.1 Å². The second-order valence-corrected chi connectivity index (χ2v) is 6.16. The van der Waals surface area contributed by atoms with Crippen LogP contribution in [-0.2, 0) is 13.0 Å². The minimum atomic E-state index is -0.238. The minimum absolute atomic E-state index is 0.0781. The lowest BCUT2D eigenvalue weighted by atomic mass is 10.2. The van der Waals surface area contributed by atoms with E-state index in [1.807, 2.05) is 26.0 Å². The Morgan fingerprint density at radius 1 is 1.20 bits per heavy atom. The quantitative estimate of drug-likeness (QED) is 0.622. The molecule has 0 bridgehead atoms. The number of aromatic nitrogens is 2. The van der Waals surface area contributed by atoms with Gasteiger partial charge in [-0.15, -0.1) is 0 Å². The van der Waals surface area contributed by atoms with Crippen LogP contribution in [0.2, 0.25) is 0 Å². The zero-order valence-corrected chi connectivity index (χ0v) is 14.8. The molecule has 134 valence electrons. The average molecular weight is 343 g/mol. The van der Waals surface area contributed by atoms with Crippen molar-refractivity contribution < 1.29 is 9.59 Å². The summed E-state index contributed by atoms with van der Waals surface area (Å²) in [6, 6.07) is 8.94. The molecule has 0 saturated carbocycles. The molecule has 3 amide bonds. The molecule has 0 saturated heterocycles. The predicted molar refractivity (Wildman–Crippen MR) is 97.5 cm³/mol. The predicted octanol–water partition coefficient (Wildman–Crippen LogP) is 2.82. The Balaban J connectivity index is 1.84. The van der Waals surface area contributed by atoms with Crippen molar-refractivity contribution in [1.29, 1.82) is 0 Å². The van der Waals surface area contributed by atoms with Crippen molar-refractivity contribution in [2.75, 3.05) is 5.32 Å². The number of nitrogens with one attached hydrogen (secondary N) is 4. The van der Waals surface area contributed by atoms with E-state index in [0.717, 1.165) is 24.1 Å². The summed E-state index contributed by atoms with van der Waals surface area (Å²) in [5, 5.41) is 15.2. The largest absolute Gasteiger partial charge is 0.347 e. The first-order valence-corrected chi connectivity index (χ1v) is 8.47. The molecular formula is C18H25N5O2. The van der Waals surface area contributed by atoms with Crippen LogP contribution < -0.4 is 16.0 Å². The highest BCUT2D eigenvalue weighted by atomic mass is 16.2. The monoisotopic (exact) mass is 343 g/mol. The molecule has 0 aliphatic rings. The Morgan fingerprint density at radius 3 is 2.56 bits per heavy atom. The van der Waals surface area contributed by atoms with Gasteiger partial charge in [0.05, 0.1) is 0 Å². The third-order valence-electron chi connectivity index (χ3n) is 3.47. The SMILES string of the molecule is CCCc1cc(C(=O)NCc2ccc(NC(=O)NC(C)C)cc2)n[nH]1. The highest BCUT2D eigenvalue weighted by molar-refractivity contribution is 5.92. The number of urea groups is 1. The summed E-state index contributed by atoms with van der Waals surface area (Å²) >= 11 is 0. The zero-order chi connectivity index (χ0) is 18.2. The molecule has 7 heteroatoms. The summed E-state index contributed by atoms with van der Waals surface area (Å²) in [6.45, 7) is 6.27. The highest BCUT2D eigenvalue weighted by Crippen LogP contribution is 2.10. The normalized spacial score (nSPS) is 10.6. The van der Waals surface area contributed by atoms with E-state index in [-0.39, 0.29) is 18.0 Å². The van der Waals surface area contributed by atoms with Crippen LogP contribution in [-0.4, -0.2) is 28.2 Å². The molecule has 1 aromatic carbocycles. The molecular weight excluding hydrogens is 318 g/mol. The number of aryl methyl sites for hydroxylation is 1. The maximum atomic E-state index is 12.1. The van der Waals surface area contributed by atoms with Crippen LogP contribution in [0.1, 0.15) is 48.9 Å². The van der Waals surface area contributed by atoms with Gasteiger partial charge in [0, 0.05) is 24.0 Å². The van der Waals surface area contributed by atoms with Gasteiger partial charge >= 0.3 is 6.03 Å². The maximum absolute atomic E-state index is 12.1. The molecule has 0 radical (unpaired) electrons. The van der Waals surface area contributed by atoms with Crippen molar-refractivity contribution >= 4 is 17.6 Å². The van der Waals surface area contributed by atoms with Gasteiger partial charge in [-0.05, 0) is 44.0 Å². The van der Waals surface area contributed by atoms with Crippen LogP contribution in [0, 0.1) is 0 Å². The van der Waals surface area contributed by atoms with E-state index in [0.29, 0.717) is 17.9 Å². The van der Waals surface area contributed by atoms with E-state index >= 15 is 0 Å². The summed E-state index contributed by atoms with van der Waals surface area (Å²) in [5.41, 5.74) is 2.99. The standard InChI is InChI=1S/C18H25N5O2/c1-4-5-15-10-16(23-22-15)17(24)19-11-13-6-8-14(9-7-13)21-18(25)20-12(2)3/h6-10,12H,4-5,11H2,1-3H3,(H,19,24)(H,22,23)(H2,20,21,25). The zero-order valence-electron chi connectivity index (χ0n) is 14.8. The number of carbonyl (C=O) groups excluding carboxylic acids is 2. The van der Waals surface area contributed by atoms with Crippen molar-refractivity contribution in [2.45, 2.75) is 46.2 Å². The van der Waals surface area contributed by atoms with Crippen LogP contribution >= 0.6 is 0 Å². The Kier molecular flexibility index (Phi) is 6.56. The molecule has 0 unspecified atom stereocenters. The lowest BCUT2D eigenvalue weighted by Crippen LogP contribution is -2.34. The van der Waals surface area contributed by atoms with Crippen LogP contribution in [0.4, 0.5) is 10.5 Å². The summed E-state index contributed by atoms with van der Waals surface area (Å²) in [6.07, 6.45) is 1.87. The maximum Gasteiger partial charge on any atom is 0.319 e. The number of anilines is 1. The molecule has 1 aromatic heterocycles. The number of carbonyl (C=O) groups is 2. The van der Waals surface area contributed by atoms with Crippen molar-refractivity contribution in [3.8, 4) is 0 Å². The lowest BCUT2D eigenvalue weighted by Gasteiger charge is -2.10. The summed E-state index contributed by atoms with van der Waals surface area (Å²) < 4.78 is 0. The molecule has 4 N–H and O–H groups in total. The number of hydrogen-bond acceptors (Lipinski definition) is 3. The van der Waals surface area contributed by atoms with Crippen LogP contribution in [0.3, 0.4) is 0 Å². The average Bonchev–Trinajstić information content (AvgIpc) is 3.02. The van der Waals surface area contributed by atoms with E-state index in [9.17, 15) is 9.59 Å². The summed E-state index contributed by atoms with van der Waals surface area (Å²) in [7, 11) is 0. The lowest BCUT2D eigenvalue weighted by molar-refractivity contribution is 0.0946. The number of aromatic amines is 1. The first kappa shape index (κ1) is 18.5. The Bertz CT molecular complexity index is 707. The third-order valence-corrected chi connectivity index (χ3v) is 3.47. The van der Waals surface area contributed by atoms with Gasteiger partial charge in [-0.3, -0.25) is 9.89 Å². The van der Waals surface area contributed by atoms with Crippen LogP contribution in [0.5, 0.6) is 0 Å². The molecule has 0 atom stereocenters. The van der Waals surface area contributed by atoms with Gasteiger partial charge in [0.15, 0.2) is 0 Å². The Labute approximate surface area is 147 Å². The first-order chi connectivity index (χ1) is 12.0. The smallest absolute Gasteiger partial charge is 0.319 e. The van der Waals surface area contributed by atoms with Gasteiger partial charge in [-0.25, -0.2) is 4.79 Å². The van der Waals surface area contributed by atoms with E-state index in [4.69, 9.17) is 0 Å². The minimum Gasteiger partial charge on any atom is -0.347 e. The fourth-order valence-corrected chi connectivity index (χ4v) is 2.28. The Hall–Kier alpha value is -2.83. The third kappa shape index (κ3) is 5.95. The van der Waals surface area contributed by atoms with Crippen molar-refractivity contribution in [2.24, 2.45) is 0 Å². The molecule has 2 rings (SSSR count). The van der Waals surface area contributed by atoms with Crippen molar-refractivity contribution in [1.82, 2.24) is 20.8 Å². The fourth-order valence-electron chi connectivity index (χ4n) is 2.28. The molecule has 2 aromatic rings. The number of nitrogens with zero attached hydrogens (tertiary/aromatic N) is 1. The second kappa shape index (κ2) is 8.86. The molecule has 0 aliphatic heterocycles. The molecule has 0 spiro atoms. The van der Waals surface area contributed by atoms with E-state index in [1.165, 1.54) is 0 Å². The van der Waals surface area contributed by atoms with Gasteiger partial charge in [0.25, 0.3) is 5.91 Å². The topological polar surface area (TPSA) is 98.9 Å². The van der Waals surface area contributed by atoms with Crippen molar-refractivity contribution in [3.05, 3.63) is 47.3 Å². The number of rotatable bonds is 7. The number of benzene rings is 1.